The van der Waals surface area contributed by atoms with Crippen LogP contribution in [0.4, 0.5) is 0 Å². The van der Waals surface area contributed by atoms with Crippen LogP contribution in [0.15, 0.2) is 27.7 Å². The number of allylic oxidation sites excluding steroid dienone is 1. The van der Waals surface area contributed by atoms with Gasteiger partial charge in [-0.3, -0.25) is 0 Å². The van der Waals surface area contributed by atoms with Crippen LogP contribution in [0.2, 0.25) is 0 Å². The van der Waals surface area contributed by atoms with Crippen LogP contribution >= 0.6 is 11.3 Å². The van der Waals surface area contributed by atoms with Crippen LogP contribution in [0.1, 0.15) is 5.01 Å². The van der Waals surface area contributed by atoms with E-state index in [1.807, 2.05) is 0 Å². The van der Waals surface area contributed by atoms with Crippen molar-refractivity contribution in [3.8, 4) is 0 Å². The number of methoxy groups -OCH3 is 2. The molecule has 20 heavy (non-hydrogen) atoms. The first-order valence-corrected chi connectivity index (χ1v) is 7.58. The van der Waals surface area contributed by atoms with Gasteiger partial charge in [0.1, 0.15) is 5.01 Å². The Hall–Kier alpha value is -1.42. The Morgan fingerprint density at radius 2 is 2.35 bits per heavy atom. The topological polar surface area (TPSA) is 87.1 Å². The highest BCUT2D eigenvalue weighted by Crippen LogP contribution is 2.22. The molecule has 0 fully saturated rings. The van der Waals surface area contributed by atoms with Gasteiger partial charge >= 0.3 is 5.97 Å². The maximum atomic E-state index is 12.2. The number of esters is 1. The van der Waals surface area contributed by atoms with E-state index in [1.165, 1.54) is 35.9 Å². The van der Waals surface area contributed by atoms with Gasteiger partial charge in [0.2, 0.25) is 11.5 Å². The predicted octanol–water partition coefficient (Wildman–Crippen LogP) is 0.530. The van der Waals surface area contributed by atoms with Crippen molar-refractivity contribution in [2.75, 3.05) is 27.4 Å². The van der Waals surface area contributed by atoms with Crippen LogP contribution in [-0.4, -0.2) is 52.9 Å². The molecule has 1 unspecified atom stereocenters. The van der Waals surface area contributed by atoms with Crippen molar-refractivity contribution in [3.63, 3.8) is 0 Å². The Morgan fingerprint density at radius 3 is 2.95 bits per heavy atom. The van der Waals surface area contributed by atoms with E-state index in [9.17, 15) is 9.35 Å². The van der Waals surface area contributed by atoms with Crippen LogP contribution in [0, 0.1) is 0 Å². The molecule has 0 amide bonds. The van der Waals surface area contributed by atoms with E-state index < -0.39 is 17.5 Å². The number of carbonyl (C=O) groups is 1. The van der Waals surface area contributed by atoms with Gasteiger partial charge in [0, 0.05) is 24.8 Å². The minimum Gasteiger partial charge on any atom is -0.566 e. The number of hydrogen-bond donors (Lipinski definition) is 0. The van der Waals surface area contributed by atoms with E-state index in [0.717, 1.165) is 0 Å². The largest absolute Gasteiger partial charge is 0.566 e. The highest BCUT2D eigenvalue weighted by atomic mass is 32.2. The van der Waals surface area contributed by atoms with Crippen molar-refractivity contribution in [1.82, 2.24) is 9.29 Å². The van der Waals surface area contributed by atoms with Crippen LogP contribution in [0.25, 0.3) is 0 Å². The molecule has 0 saturated carbocycles. The third-order valence-corrected chi connectivity index (χ3v) is 4.36. The maximum absolute atomic E-state index is 12.2. The standard InChI is InChI=1S/C11H13N3O4S2/c1-17-5-4-14-9(11(15)18-2)7-8(13-20(14)16)10-12-3-6-19-10/h3,6-7H,4-5H2,1-2H3. The Bertz CT molecular complexity index is 530. The quantitative estimate of drug-likeness (QED) is 0.582. The number of nitrogens with zero attached hydrogens (tertiary/aromatic N) is 3. The van der Waals surface area contributed by atoms with Gasteiger partial charge in [-0.1, -0.05) is 0 Å². The fourth-order valence-corrected chi connectivity index (χ4v) is 3.12. The molecule has 108 valence electrons. The molecule has 1 aromatic heterocycles. The average molecular weight is 315 g/mol. The highest BCUT2D eigenvalue weighted by Gasteiger charge is 2.34. The van der Waals surface area contributed by atoms with Crippen LogP contribution in [0.3, 0.4) is 0 Å². The zero-order valence-electron chi connectivity index (χ0n) is 10.9. The summed E-state index contributed by atoms with van der Waals surface area (Å²) in [6, 6.07) is 0. The molecule has 0 saturated heterocycles. The lowest BCUT2D eigenvalue weighted by Gasteiger charge is -2.25. The van der Waals surface area contributed by atoms with Crippen LogP contribution < -0.4 is 0 Å². The normalized spacial score (nSPS) is 18.6. The Kier molecular flexibility index (Phi) is 5.12. The zero-order chi connectivity index (χ0) is 14.5. The molecule has 2 rings (SSSR count). The molecule has 0 aliphatic carbocycles. The van der Waals surface area contributed by atoms with Crippen LogP contribution in [-0.2, 0) is 25.8 Å². The van der Waals surface area contributed by atoms with Gasteiger partial charge in [0.05, 0.1) is 20.3 Å². The molecule has 1 atom stereocenters. The molecule has 1 aromatic rings. The van der Waals surface area contributed by atoms with Crippen molar-refractivity contribution < 1.29 is 18.8 Å². The summed E-state index contributed by atoms with van der Waals surface area (Å²) < 4.78 is 27.2. The number of rotatable bonds is 5. The second-order valence-electron chi connectivity index (χ2n) is 3.66. The third kappa shape index (κ3) is 3.18. The molecular weight excluding hydrogens is 302 g/mol. The number of thiazole rings is 1. The summed E-state index contributed by atoms with van der Waals surface area (Å²) in [6.45, 7) is 0.598. The lowest BCUT2D eigenvalue weighted by molar-refractivity contribution is -0.137. The summed E-state index contributed by atoms with van der Waals surface area (Å²) >= 11 is -0.352. The molecule has 2 heterocycles. The fraction of sp³-hybridized carbons (Fsp3) is 0.364. The molecular formula is C11H13N3O4S2. The van der Waals surface area contributed by atoms with Crippen molar-refractivity contribution >= 4 is 34.6 Å². The molecule has 9 heteroatoms. The van der Waals surface area contributed by atoms with Gasteiger partial charge in [0.25, 0.3) is 0 Å². The van der Waals surface area contributed by atoms with Crippen molar-refractivity contribution in [2.24, 2.45) is 4.40 Å². The van der Waals surface area contributed by atoms with Crippen molar-refractivity contribution in [3.05, 3.63) is 28.4 Å². The summed E-state index contributed by atoms with van der Waals surface area (Å²) in [7, 11) is 2.80. The molecule has 0 bridgehead atoms. The Balaban J connectivity index is 2.31. The van der Waals surface area contributed by atoms with E-state index in [1.54, 1.807) is 11.6 Å². The van der Waals surface area contributed by atoms with Gasteiger partial charge in [-0.2, -0.15) is 4.31 Å². The third-order valence-electron chi connectivity index (χ3n) is 2.45. The van der Waals surface area contributed by atoms with E-state index in [2.05, 4.69) is 9.38 Å². The molecule has 1 aliphatic rings. The van der Waals surface area contributed by atoms with Gasteiger partial charge in [-0.05, 0) is 4.40 Å². The molecule has 7 nitrogen and oxygen atoms in total. The first-order chi connectivity index (χ1) is 9.67. The minimum absolute atomic E-state index is 0.183. The Labute approximate surface area is 123 Å². The molecule has 0 N–H and O–H groups in total. The van der Waals surface area contributed by atoms with E-state index in [-0.39, 0.29) is 12.2 Å². The number of carbonyl (C=O) groups excluding carboxylic acids is 1. The second kappa shape index (κ2) is 6.84. The Morgan fingerprint density at radius 1 is 1.55 bits per heavy atom. The fourth-order valence-electron chi connectivity index (χ4n) is 1.53. The SMILES string of the molecule is COCCN1C(C(=O)OC)=CC(c2nccs2)=N[S+]1[O-]. The van der Waals surface area contributed by atoms with E-state index in [0.29, 0.717) is 17.3 Å². The smallest absolute Gasteiger partial charge is 0.359 e. The average Bonchev–Trinajstić information content (AvgIpc) is 2.98. The monoisotopic (exact) mass is 315 g/mol. The summed E-state index contributed by atoms with van der Waals surface area (Å²) in [5.74, 6) is -0.571. The van der Waals surface area contributed by atoms with Gasteiger partial charge in [-0.25, -0.2) is 9.78 Å². The van der Waals surface area contributed by atoms with E-state index >= 15 is 0 Å². The van der Waals surface area contributed by atoms with Gasteiger partial charge < -0.3 is 14.0 Å². The number of ether oxygens (including phenoxy) is 2. The number of aromatic nitrogens is 1. The molecule has 0 aromatic carbocycles. The van der Waals surface area contributed by atoms with Crippen LogP contribution in [0.5, 0.6) is 0 Å². The summed E-state index contributed by atoms with van der Waals surface area (Å²) in [4.78, 5) is 15.9. The first kappa shape index (κ1) is 15.0. The second-order valence-corrected chi connectivity index (χ2v) is 5.64. The molecule has 0 radical (unpaired) electrons. The van der Waals surface area contributed by atoms with Gasteiger partial charge in [0.15, 0.2) is 11.4 Å². The summed E-state index contributed by atoms with van der Waals surface area (Å²) in [5.41, 5.74) is 0.593. The summed E-state index contributed by atoms with van der Waals surface area (Å²) in [5, 5.41) is 2.38. The van der Waals surface area contributed by atoms with E-state index in [4.69, 9.17) is 9.47 Å². The number of hydrogen-bond acceptors (Lipinski definition) is 8. The minimum atomic E-state index is -1.71. The zero-order valence-corrected chi connectivity index (χ0v) is 12.6. The lowest BCUT2D eigenvalue weighted by atomic mass is 10.3. The predicted molar refractivity (Wildman–Crippen MR) is 75.5 cm³/mol. The lowest BCUT2D eigenvalue weighted by Crippen LogP contribution is -2.38. The summed E-state index contributed by atoms with van der Waals surface area (Å²) in [6.07, 6.45) is 3.15. The first-order valence-electron chi connectivity index (χ1n) is 5.64. The van der Waals surface area contributed by atoms with Crippen molar-refractivity contribution in [2.45, 2.75) is 0 Å². The highest BCUT2D eigenvalue weighted by molar-refractivity contribution is 7.88. The maximum Gasteiger partial charge on any atom is 0.359 e. The molecule has 1 aliphatic heterocycles. The van der Waals surface area contributed by atoms with Crippen molar-refractivity contribution in [1.29, 1.82) is 0 Å². The van der Waals surface area contributed by atoms with Gasteiger partial charge in [-0.15, -0.1) is 11.3 Å². The molecule has 0 spiro atoms.